The van der Waals surface area contributed by atoms with Crippen LogP contribution in [0.25, 0.3) is 0 Å². The molecule has 0 atom stereocenters. The van der Waals surface area contributed by atoms with Gasteiger partial charge < -0.3 is 4.90 Å². The number of hydrogen-bond donors (Lipinski definition) is 0. The van der Waals surface area contributed by atoms with E-state index in [0.29, 0.717) is 23.8 Å². The fraction of sp³-hybridized carbons (Fsp3) is 0.333. The van der Waals surface area contributed by atoms with Crippen LogP contribution < -0.4 is 4.90 Å². The summed E-state index contributed by atoms with van der Waals surface area (Å²) in [5, 5.41) is 11.6. The number of aryl methyl sites for hydroxylation is 2. The molecule has 0 saturated carbocycles. The quantitative estimate of drug-likeness (QED) is 0.571. The second-order valence-electron chi connectivity index (χ2n) is 6.53. The average Bonchev–Trinajstić information content (AvgIpc) is 2.64. The van der Waals surface area contributed by atoms with Gasteiger partial charge in [0.25, 0.3) is 5.69 Å². The Balaban J connectivity index is 1.79. The summed E-state index contributed by atoms with van der Waals surface area (Å²) in [6, 6.07) is 9.62. The highest BCUT2D eigenvalue weighted by atomic mass is 35.5. The van der Waals surface area contributed by atoms with Crippen LogP contribution in [-0.2, 0) is 10.0 Å². The van der Waals surface area contributed by atoms with E-state index in [0.717, 1.165) is 11.1 Å². The molecule has 144 valence electrons. The highest BCUT2D eigenvalue weighted by Crippen LogP contribution is 2.32. The first-order valence-electron chi connectivity index (χ1n) is 8.46. The minimum Gasteiger partial charge on any atom is -0.363 e. The molecule has 0 spiro atoms. The summed E-state index contributed by atoms with van der Waals surface area (Å²) in [7, 11) is -3.59. The maximum Gasteiger partial charge on any atom is 0.294 e. The molecule has 0 aliphatic carbocycles. The van der Waals surface area contributed by atoms with Gasteiger partial charge in [-0.25, -0.2) is 8.42 Å². The summed E-state index contributed by atoms with van der Waals surface area (Å²) in [6.07, 6.45) is 0. The van der Waals surface area contributed by atoms with E-state index in [2.05, 4.69) is 0 Å². The summed E-state index contributed by atoms with van der Waals surface area (Å²) in [5.41, 5.74) is 2.33. The monoisotopic (exact) mass is 409 g/mol. The number of benzene rings is 2. The molecule has 1 heterocycles. The van der Waals surface area contributed by atoms with E-state index in [1.807, 2.05) is 18.7 Å². The summed E-state index contributed by atoms with van der Waals surface area (Å²) in [5.74, 6) is 0. The molecule has 9 heteroatoms. The first-order chi connectivity index (χ1) is 12.7. The molecule has 2 aromatic carbocycles. The molecule has 1 saturated heterocycles. The molecule has 7 nitrogen and oxygen atoms in total. The molecule has 1 aliphatic heterocycles. The van der Waals surface area contributed by atoms with Crippen LogP contribution in [0, 0.1) is 24.0 Å². The Kier molecular flexibility index (Phi) is 5.41. The van der Waals surface area contributed by atoms with Gasteiger partial charge in [-0.05, 0) is 49.2 Å². The fourth-order valence-electron chi connectivity index (χ4n) is 3.10. The lowest BCUT2D eigenvalue weighted by Gasteiger charge is -2.35. The van der Waals surface area contributed by atoms with Crippen molar-refractivity contribution >= 4 is 33.0 Å². The SMILES string of the molecule is Cc1ccc(S(=O)(=O)N2CCN(c3ccc(Cl)cc3[N+](=O)[O-])CC2)cc1C. The lowest BCUT2D eigenvalue weighted by Crippen LogP contribution is -2.48. The summed E-state index contributed by atoms with van der Waals surface area (Å²) in [4.78, 5) is 12.9. The maximum absolute atomic E-state index is 12.9. The molecule has 27 heavy (non-hydrogen) atoms. The van der Waals surface area contributed by atoms with Crippen molar-refractivity contribution in [2.24, 2.45) is 0 Å². The number of hydrogen-bond acceptors (Lipinski definition) is 5. The van der Waals surface area contributed by atoms with Crippen molar-refractivity contribution in [3.8, 4) is 0 Å². The largest absolute Gasteiger partial charge is 0.363 e. The van der Waals surface area contributed by atoms with Crippen LogP contribution in [0.5, 0.6) is 0 Å². The van der Waals surface area contributed by atoms with Gasteiger partial charge in [0.15, 0.2) is 0 Å². The normalized spacial score (nSPS) is 15.7. The average molecular weight is 410 g/mol. The predicted octanol–water partition coefficient (Wildman–Crippen LogP) is 3.38. The smallest absolute Gasteiger partial charge is 0.294 e. The third-order valence-corrected chi connectivity index (χ3v) is 6.96. The van der Waals surface area contributed by atoms with E-state index in [9.17, 15) is 18.5 Å². The lowest BCUT2D eigenvalue weighted by molar-refractivity contribution is -0.384. The number of anilines is 1. The second kappa shape index (κ2) is 7.46. The Labute approximate surface area is 163 Å². The van der Waals surface area contributed by atoms with Gasteiger partial charge >= 0.3 is 0 Å². The van der Waals surface area contributed by atoms with E-state index in [-0.39, 0.29) is 23.7 Å². The molecule has 1 fully saturated rings. The van der Waals surface area contributed by atoms with Crippen molar-refractivity contribution in [3.05, 3.63) is 62.7 Å². The molecule has 0 N–H and O–H groups in total. The number of rotatable bonds is 4. The van der Waals surface area contributed by atoms with Crippen molar-refractivity contribution < 1.29 is 13.3 Å². The van der Waals surface area contributed by atoms with Crippen LogP contribution in [0.4, 0.5) is 11.4 Å². The standard InChI is InChI=1S/C18H20ClN3O4S/c1-13-3-5-16(11-14(13)2)27(25,26)21-9-7-20(8-10-21)17-6-4-15(19)12-18(17)22(23)24/h3-6,11-12H,7-10H2,1-2H3. The van der Waals surface area contributed by atoms with Gasteiger partial charge in [-0.3, -0.25) is 10.1 Å². The Morgan fingerprint density at radius 1 is 1.00 bits per heavy atom. The van der Waals surface area contributed by atoms with Crippen molar-refractivity contribution in [2.75, 3.05) is 31.1 Å². The first kappa shape index (κ1) is 19.6. The number of piperazine rings is 1. The highest BCUT2D eigenvalue weighted by molar-refractivity contribution is 7.89. The number of nitro benzene ring substituents is 1. The zero-order valence-electron chi connectivity index (χ0n) is 15.1. The van der Waals surface area contributed by atoms with Crippen molar-refractivity contribution in [2.45, 2.75) is 18.7 Å². The molecule has 0 unspecified atom stereocenters. The summed E-state index contributed by atoms with van der Waals surface area (Å²) < 4.78 is 27.2. The van der Waals surface area contributed by atoms with Crippen molar-refractivity contribution in [1.82, 2.24) is 4.31 Å². The topological polar surface area (TPSA) is 83.8 Å². The Morgan fingerprint density at radius 3 is 2.26 bits per heavy atom. The van der Waals surface area contributed by atoms with E-state index >= 15 is 0 Å². The van der Waals surface area contributed by atoms with Gasteiger partial charge in [0, 0.05) is 37.3 Å². The number of halogens is 1. The fourth-order valence-corrected chi connectivity index (χ4v) is 4.78. The van der Waals surface area contributed by atoms with Crippen molar-refractivity contribution in [3.63, 3.8) is 0 Å². The minimum atomic E-state index is -3.59. The van der Waals surface area contributed by atoms with E-state index < -0.39 is 14.9 Å². The van der Waals surface area contributed by atoms with Crippen LogP contribution in [0.15, 0.2) is 41.3 Å². The highest BCUT2D eigenvalue weighted by Gasteiger charge is 2.30. The van der Waals surface area contributed by atoms with Crippen molar-refractivity contribution in [1.29, 1.82) is 0 Å². The van der Waals surface area contributed by atoms with Crippen LogP contribution >= 0.6 is 11.6 Å². The second-order valence-corrected chi connectivity index (χ2v) is 8.90. The van der Waals surface area contributed by atoms with Crippen LogP contribution in [0.2, 0.25) is 5.02 Å². The van der Waals surface area contributed by atoms with Crippen LogP contribution in [-0.4, -0.2) is 43.8 Å². The van der Waals surface area contributed by atoms with Gasteiger partial charge in [-0.15, -0.1) is 0 Å². The maximum atomic E-state index is 12.9. The number of sulfonamides is 1. The van der Waals surface area contributed by atoms with Gasteiger partial charge in [-0.2, -0.15) is 4.31 Å². The summed E-state index contributed by atoms with van der Waals surface area (Å²) in [6.45, 7) is 5.07. The molecule has 0 aromatic heterocycles. The van der Waals surface area contributed by atoms with Crippen LogP contribution in [0.3, 0.4) is 0 Å². The molecule has 1 aliphatic rings. The Bertz CT molecular complexity index is 986. The Hall–Kier alpha value is -2.16. The molecule has 2 aromatic rings. The molecular weight excluding hydrogens is 390 g/mol. The lowest BCUT2D eigenvalue weighted by atomic mass is 10.1. The molecule has 0 amide bonds. The minimum absolute atomic E-state index is 0.0760. The van der Waals surface area contributed by atoms with Gasteiger partial charge in [0.1, 0.15) is 5.69 Å². The number of nitro groups is 1. The van der Waals surface area contributed by atoms with Gasteiger partial charge in [-0.1, -0.05) is 17.7 Å². The van der Waals surface area contributed by atoms with Crippen LogP contribution in [0.1, 0.15) is 11.1 Å². The molecule has 0 radical (unpaired) electrons. The molecule has 3 rings (SSSR count). The molecular formula is C18H20ClN3O4S. The van der Waals surface area contributed by atoms with E-state index in [4.69, 9.17) is 11.6 Å². The van der Waals surface area contributed by atoms with E-state index in [1.54, 1.807) is 30.3 Å². The first-order valence-corrected chi connectivity index (χ1v) is 10.3. The number of nitrogens with zero attached hydrogens (tertiary/aromatic N) is 3. The third-order valence-electron chi connectivity index (χ3n) is 4.83. The zero-order chi connectivity index (χ0) is 19.8. The Morgan fingerprint density at radius 2 is 1.67 bits per heavy atom. The summed E-state index contributed by atoms with van der Waals surface area (Å²) >= 11 is 5.86. The predicted molar refractivity (Wildman–Crippen MR) is 105 cm³/mol. The zero-order valence-corrected chi connectivity index (χ0v) is 16.6. The third kappa shape index (κ3) is 3.92. The van der Waals surface area contributed by atoms with Gasteiger partial charge in [0.05, 0.1) is 9.82 Å². The molecule has 0 bridgehead atoms. The van der Waals surface area contributed by atoms with Gasteiger partial charge in [0.2, 0.25) is 10.0 Å². The van der Waals surface area contributed by atoms with E-state index in [1.165, 1.54) is 10.4 Å².